The predicted octanol–water partition coefficient (Wildman–Crippen LogP) is 7.08. The first-order chi connectivity index (χ1) is 17.5. The van der Waals surface area contributed by atoms with Crippen LogP contribution in [0, 0.1) is 6.92 Å². The number of benzene rings is 2. The molecule has 5 nitrogen and oxygen atoms in total. The Kier molecular flexibility index (Phi) is 8.95. The van der Waals surface area contributed by atoms with Crippen LogP contribution in [0.15, 0.2) is 30.3 Å². The highest BCUT2D eigenvalue weighted by atomic mass is 35.5. The van der Waals surface area contributed by atoms with Crippen molar-refractivity contribution in [1.29, 1.82) is 0 Å². The van der Waals surface area contributed by atoms with Gasteiger partial charge in [0.1, 0.15) is 0 Å². The van der Waals surface area contributed by atoms with Gasteiger partial charge in [-0.15, -0.1) is 0 Å². The number of nitrogens with zero attached hydrogens (tertiary/aromatic N) is 2. The van der Waals surface area contributed by atoms with Crippen molar-refractivity contribution in [1.82, 2.24) is 4.90 Å². The molecule has 1 heterocycles. The zero-order chi connectivity index (χ0) is 28.6. The van der Waals surface area contributed by atoms with Crippen molar-refractivity contribution >= 4 is 23.2 Å². The van der Waals surface area contributed by atoms with Gasteiger partial charge in [0.2, 0.25) is 12.3 Å². The molecule has 1 aliphatic rings. The molecule has 38 heavy (non-hydrogen) atoms. The van der Waals surface area contributed by atoms with Gasteiger partial charge in [0.05, 0.1) is 23.3 Å². The summed E-state index contributed by atoms with van der Waals surface area (Å²) in [7, 11) is 0. The molecule has 0 saturated heterocycles. The summed E-state index contributed by atoms with van der Waals surface area (Å²) in [5, 5.41) is 11.1. The number of hydrogen-bond donors (Lipinski definition) is 1. The van der Waals surface area contributed by atoms with Crippen molar-refractivity contribution in [3.63, 3.8) is 0 Å². The lowest BCUT2D eigenvalue weighted by Crippen LogP contribution is -2.39. The van der Waals surface area contributed by atoms with E-state index in [-0.39, 0.29) is 17.7 Å². The number of fused-ring (bicyclic) bond motifs is 1. The summed E-state index contributed by atoms with van der Waals surface area (Å²) in [5.41, 5.74) is -1.54. The van der Waals surface area contributed by atoms with Crippen LogP contribution in [-0.2, 0) is 28.4 Å². The van der Waals surface area contributed by atoms with Gasteiger partial charge in [-0.25, -0.2) is 0 Å². The molecule has 0 saturated carbocycles. The number of aryl methyl sites for hydroxylation is 1. The minimum atomic E-state index is -5.01. The molecule has 0 bridgehead atoms. The summed E-state index contributed by atoms with van der Waals surface area (Å²) in [6.07, 6.45) is -10.9. The van der Waals surface area contributed by atoms with E-state index in [2.05, 4.69) is 0 Å². The quantitative estimate of drug-likeness (QED) is 0.300. The van der Waals surface area contributed by atoms with E-state index < -0.39 is 48.4 Å². The third-order valence-corrected chi connectivity index (χ3v) is 6.70. The number of alkyl halides is 6. The average molecular weight is 567 g/mol. The largest absolute Gasteiger partial charge is 0.416 e. The summed E-state index contributed by atoms with van der Waals surface area (Å²) in [5.74, 6) is -0.535. The Morgan fingerprint density at radius 2 is 1.68 bits per heavy atom. The van der Waals surface area contributed by atoms with E-state index in [0.29, 0.717) is 53.4 Å². The number of rotatable bonds is 6. The SMILES string of the molecule is CC(=O)N(Cc1cc(C(F)(F)F)cc(C(F)(F)F)c1)[C@H]1CCCN(C(O)OC(C)C)c2cc(Cl)c(C)cc21. The molecule has 1 amide bonds. The first-order valence-corrected chi connectivity index (χ1v) is 12.3. The Morgan fingerprint density at radius 3 is 2.18 bits per heavy atom. The number of ether oxygens (including phenoxy) is 1. The van der Waals surface area contributed by atoms with Gasteiger partial charge < -0.3 is 19.6 Å². The van der Waals surface area contributed by atoms with Crippen LogP contribution < -0.4 is 4.90 Å². The molecule has 1 N–H and O–H groups in total. The first-order valence-electron chi connectivity index (χ1n) is 11.9. The average Bonchev–Trinajstić information content (AvgIpc) is 2.95. The number of aliphatic hydroxyl groups is 1. The molecular weight excluding hydrogens is 538 g/mol. The van der Waals surface area contributed by atoms with Crippen LogP contribution >= 0.6 is 11.6 Å². The second-order valence-electron chi connectivity index (χ2n) is 9.58. The van der Waals surface area contributed by atoms with Crippen LogP contribution in [0.4, 0.5) is 32.0 Å². The zero-order valence-electron chi connectivity index (χ0n) is 21.3. The molecule has 2 atom stereocenters. The molecular formula is C26H29ClF6N2O3. The highest BCUT2D eigenvalue weighted by Crippen LogP contribution is 2.42. The third kappa shape index (κ3) is 6.92. The fourth-order valence-electron chi connectivity index (χ4n) is 4.56. The van der Waals surface area contributed by atoms with Crippen LogP contribution in [0.2, 0.25) is 5.02 Å². The van der Waals surface area contributed by atoms with Crippen LogP contribution in [0.1, 0.15) is 67.5 Å². The number of halogens is 7. The lowest BCUT2D eigenvalue weighted by Gasteiger charge is -2.34. The van der Waals surface area contributed by atoms with Crippen LogP contribution in [0.5, 0.6) is 0 Å². The highest BCUT2D eigenvalue weighted by Gasteiger charge is 2.38. The van der Waals surface area contributed by atoms with Gasteiger partial charge in [-0.05, 0) is 74.6 Å². The molecule has 2 aromatic rings. The van der Waals surface area contributed by atoms with Gasteiger partial charge in [-0.1, -0.05) is 17.7 Å². The summed E-state index contributed by atoms with van der Waals surface area (Å²) in [6, 6.07) is 3.93. The second-order valence-corrected chi connectivity index (χ2v) is 9.99. The fourth-order valence-corrected chi connectivity index (χ4v) is 4.72. The van der Waals surface area contributed by atoms with Crippen molar-refractivity contribution in [2.45, 2.75) is 78.0 Å². The Morgan fingerprint density at radius 1 is 1.11 bits per heavy atom. The van der Waals surface area contributed by atoms with E-state index in [4.69, 9.17) is 16.3 Å². The maximum absolute atomic E-state index is 13.4. The number of carbonyl (C=O) groups is 1. The fraction of sp³-hybridized carbons (Fsp3) is 0.500. The van der Waals surface area contributed by atoms with Crippen molar-refractivity contribution in [3.8, 4) is 0 Å². The van der Waals surface area contributed by atoms with Crippen molar-refractivity contribution in [3.05, 3.63) is 63.2 Å². The molecule has 1 aliphatic heterocycles. The van der Waals surface area contributed by atoms with E-state index in [1.54, 1.807) is 37.8 Å². The maximum atomic E-state index is 13.4. The monoisotopic (exact) mass is 566 g/mol. The molecule has 12 heteroatoms. The van der Waals surface area contributed by atoms with E-state index in [0.717, 1.165) is 0 Å². The molecule has 0 aromatic heterocycles. The number of amides is 1. The Labute approximate surface area is 221 Å². The lowest BCUT2D eigenvalue weighted by molar-refractivity contribution is -0.143. The Balaban J connectivity index is 2.11. The smallest absolute Gasteiger partial charge is 0.351 e. The van der Waals surface area contributed by atoms with Crippen LogP contribution in [0.25, 0.3) is 0 Å². The normalized spacial score (nSPS) is 17.3. The highest BCUT2D eigenvalue weighted by molar-refractivity contribution is 6.31. The summed E-state index contributed by atoms with van der Waals surface area (Å²) >= 11 is 6.37. The van der Waals surface area contributed by atoms with Gasteiger partial charge in [0, 0.05) is 30.7 Å². The van der Waals surface area contributed by atoms with E-state index >= 15 is 0 Å². The molecule has 0 radical (unpaired) electrons. The molecule has 0 fully saturated rings. The summed E-state index contributed by atoms with van der Waals surface area (Å²) in [6.45, 7) is 6.25. The first kappa shape index (κ1) is 30.0. The molecule has 0 spiro atoms. The third-order valence-electron chi connectivity index (χ3n) is 6.29. The van der Waals surface area contributed by atoms with E-state index in [9.17, 15) is 36.2 Å². The van der Waals surface area contributed by atoms with Gasteiger partial charge in [0.25, 0.3) is 0 Å². The molecule has 2 aromatic carbocycles. The van der Waals surface area contributed by atoms with E-state index in [1.165, 1.54) is 11.8 Å². The minimum Gasteiger partial charge on any atom is -0.351 e. The maximum Gasteiger partial charge on any atom is 0.416 e. The molecule has 210 valence electrons. The summed E-state index contributed by atoms with van der Waals surface area (Å²) in [4.78, 5) is 15.6. The molecule has 3 rings (SSSR count). The van der Waals surface area contributed by atoms with Crippen molar-refractivity contribution in [2.75, 3.05) is 11.4 Å². The van der Waals surface area contributed by atoms with Gasteiger partial charge in [-0.3, -0.25) is 4.79 Å². The predicted molar refractivity (Wildman–Crippen MR) is 130 cm³/mol. The Bertz CT molecular complexity index is 1140. The minimum absolute atomic E-state index is 0.0574. The van der Waals surface area contributed by atoms with Crippen molar-refractivity contribution in [2.24, 2.45) is 0 Å². The summed E-state index contributed by atoms with van der Waals surface area (Å²) < 4.78 is 86.1. The van der Waals surface area contributed by atoms with Crippen LogP contribution in [-0.4, -0.2) is 35.0 Å². The van der Waals surface area contributed by atoms with Crippen molar-refractivity contribution < 1.29 is 41.0 Å². The molecule has 1 unspecified atom stereocenters. The number of hydrogen-bond acceptors (Lipinski definition) is 4. The number of carbonyl (C=O) groups excluding carboxylic acids is 1. The second kappa shape index (κ2) is 11.3. The number of aliphatic hydroxyl groups excluding tert-OH is 1. The van der Waals surface area contributed by atoms with Gasteiger partial charge >= 0.3 is 12.4 Å². The Hall–Kier alpha value is -2.50. The van der Waals surface area contributed by atoms with Gasteiger partial charge in [-0.2, -0.15) is 26.3 Å². The molecule has 0 aliphatic carbocycles. The van der Waals surface area contributed by atoms with E-state index in [1.807, 2.05) is 0 Å². The van der Waals surface area contributed by atoms with Crippen LogP contribution in [0.3, 0.4) is 0 Å². The lowest BCUT2D eigenvalue weighted by atomic mass is 9.96. The van der Waals surface area contributed by atoms with Gasteiger partial charge in [0.15, 0.2) is 0 Å². The number of anilines is 1. The standard InChI is InChI=1S/C26H29ClF6N2O3/c1-14(2)38-24(37)34-7-5-6-22(20-8-15(3)21(27)12-23(20)34)35(16(4)36)13-17-9-18(25(28,29)30)11-19(10-17)26(31,32)33/h8-12,14,22,24,37H,5-7,13H2,1-4H3/t22-,24?/m0/s1. The zero-order valence-corrected chi connectivity index (χ0v) is 22.0. The topological polar surface area (TPSA) is 53.0 Å².